The Morgan fingerprint density at radius 1 is 0.830 bits per heavy atom. The zero-order chi connectivity index (χ0) is 38.8. The molecule has 2 aromatic carbocycles. The highest BCUT2D eigenvalue weighted by Gasteiger charge is 2.73. The number of rotatable bonds is 11. The summed E-state index contributed by atoms with van der Waals surface area (Å²) in [4.78, 5) is 81.6. The van der Waals surface area contributed by atoms with E-state index in [0.29, 0.717) is 5.56 Å². The Hall–Kier alpha value is -4.88. The number of esters is 2. The fraction of sp³-hybridized carbons (Fsp3) is 0.471. The van der Waals surface area contributed by atoms with Gasteiger partial charge in [0, 0.05) is 4.75 Å². The molecule has 17 nitrogen and oxygen atoms in total. The van der Waals surface area contributed by atoms with E-state index < -0.39 is 103 Å². The van der Waals surface area contributed by atoms with Crippen LogP contribution in [0.1, 0.15) is 49.7 Å². The van der Waals surface area contributed by atoms with Crippen molar-refractivity contribution in [1.82, 2.24) is 20.4 Å². The van der Waals surface area contributed by atoms with Crippen LogP contribution in [0.5, 0.6) is 11.5 Å². The van der Waals surface area contributed by atoms with Gasteiger partial charge in [-0.15, -0.1) is 11.8 Å². The first-order valence-electron chi connectivity index (χ1n) is 16.4. The first-order valence-corrected chi connectivity index (χ1v) is 18.8. The smallest absolute Gasteiger partial charge is 0.333 e. The standard InChI is InChI=1S/C34H39N5O12S2/c1-33(2)23(38-27(42)21(29(38)52-33)36-25(40)19-17(48-5)13-10-14-18(19)49-6)31(44)50-15-51-32(45)24-34(3,4)53(46,47)30-22(28(43)39(24)30)37-26(41)20(35)16-11-8-7-9-12-16/h7-14,20-24,29-30H,15,35H2,1-6H3,(H,36,40)(H,37,41)/t20?,21-,22-,23+,24+,29-,30-/m1/s1. The molecule has 4 fully saturated rings. The molecular weight excluding hydrogens is 735 g/mol. The molecule has 0 aromatic heterocycles. The monoisotopic (exact) mass is 773 g/mol. The van der Waals surface area contributed by atoms with E-state index in [9.17, 15) is 37.2 Å². The number of thioether (sulfide) groups is 1. The Morgan fingerprint density at radius 2 is 1.40 bits per heavy atom. The number of nitrogens with zero attached hydrogens (tertiary/aromatic N) is 2. The molecule has 0 saturated carbocycles. The Morgan fingerprint density at radius 3 is 1.98 bits per heavy atom. The molecule has 284 valence electrons. The number of methoxy groups -OCH3 is 2. The lowest BCUT2D eigenvalue weighted by Gasteiger charge is -2.44. The number of hydrogen-bond donors (Lipinski definition) is 3. The molecule has 4 saturated heterocycles. The second-order valence-corrected chi connectivity index (χ2v) is 18.3. The molecule has 0 radical (unpaired) electrons. The number of nitrogens with one attached hydrogen (secondary N) is 2. The molecule has 0 bridgehead atoms. The van der Waals surface area contributed by atoms with Crippen LogP contribution in [0.15, 0.2) is 48.5 Å². The van der Waals surface area contributed by atoms with Crippen molar-refractivity contribution in [3.8, 4) is 11.5 Å². The number of fused-ring (bicyclic) bond motifs is 2. The highest BCUT2D eigenvalue weighted by molar-refractivity contribution is 8.01. The van der Waals surface area contributed by atoms with Gasteiger partial charge in [0.05, 0.1) is 14.2 Å². The first kappa shape index (κ1) is 37.9. The van der Waals surface area contributed by atoms with Crippen LogP contribution in [-0.4, -0.2) is 119 Å². The zero-order valence-electron chi connectivity index (χ0n) is 29.6. The molecule has 4 aliphatic rings. The third kappa shape index (κ3) is 5.94. The summed E-state index contributed by atoms with van der Waals surface area (Å²) in [5, 5.41) is 2.93. The predicted octanol–water partition coefficient (Wildman–Crippen LogP) is -0.163. The van der Waals surface area contributed by atoms with Gasteiger partial charge in [-0.3, -0.25) is 19.2 Å². The van der Waals surface area contributed by atoms with Crippen molar-refractivity contribution in [2.24, 2.45) is 5.73 Å². The maximum Gasteiger partial charge on any atom is 0.333 e. The van der Waals surface area contributed by atoms with Crippen molar-refractivity contribution in [3.05, 3.63) is 59.7 Å². The van der Waals surface area contributed by atoms with Crippen LogP contribution in [0.2, 0.25) is 0 Å². The fourth-order valence-corrected chi connectivity index (χ4v) is 11.0. The maximum absolute atomic E-state index is 13.6. The molecule has 2 aromatic rings. The van der Waals surface area contributed by atoms with Gasteiger partial charge in [0.15, 0.2) is 15.2 Å². The number of carbonyl (C=O) groups excluding carboxylic acids is 6. The topological polar surface area (TPSA) is 230 Å². The number of amides is 4. The van der Waals surface area contributed by atoms with Gasteiger partial charge in [-0.25, -0.2) is 18.0 Å². The van der Waals surface area contributed by atoms with Crippen molar-refractivity contribution in [2.45, 2.75) is 78.1 Å². The van der Waals surface area contributed by atoms with Gasteiger partial charge >= 0.3 is 11.9 Å². The number of ether oxygens (including phenoxy) is 4. The number of carbonyl (C=O) groups is 6. The summed E-state index contributed by atoms with van der Waals surface area (Å²) in [7, 11) is -1.46. The molecule has 4 aliphatic heterocycles. The Kier molecular flexibility index (Phi) is 9.65. The van der Waals surface area contributed by atoms with Crippen LogP contribution in [0.25, 0.3) is 0 Å². The van der Waals surface area contributed by atoms with E-state index in [1.54, 1.807) is 62.4 Å². The number of β-lactam (4-membered cyclic amide) rings is 2. The number of hydrogen-bond acceptors (Lipinski definition) is 14. The van der Waals surface area contributed by atoms with Crippen molar-refractivity contribution in [2.75, 3.05) is 21.0 Å². The molecule has 19 heteroatoms. The quantitative estimate of drug-likeness (QED) is 0.153. The number of sulfone groups is 1. The van der Waals surface area contributed by atoms with E-state index in [4.69, 9.17) is 24.7 Å². The van der Waals surface area contributed by atoms with E-state index in [0.717, 1.165) is 4.90 Å². The van der Waals surface area contributed by atoms with Crippen LogP contribution in [0.3, 0.4) is 0 Å². The highest BCUT2D eigenvalue weighted by atomic mass is 32.2. The van der Waals surface area contributed by atoms with E-state index in [2.05, 4.69) is 10.6 Å². The third-order valence-corrected chi connectivity index (χ3v) is 14.4. The molecule has 4 N–H and O–H groups in total. The zero-order valence-corrected chi connectivity index (χ0v) is 31.2. The van der Waals surface area contributed by atoms with Crippen LogP contribution >= 0.6 is 11.8 Å². The van der Waals surface area contributed by atoms with Crippen molar-refractivity contribution >= 4 is 57.2 Å². The number of nitrogens with two attached hydrogens (primary N) is 1. The normalized spacial score (nSPS) is 27.6. The summed E-state index contributed by atoms with van der Waals surface area (Å²) < 4.78 is 45.5. The minimum atomic E-state index is -4.25. The summed E-state index contributed by atoms with van der Waals surface area (Å²) in [6, 6.07) is 6.70. The van der Waals surface area contributed by atoms with Crippen molar-refractivity contribution in [1.29, 1.82) is 0 Å². The van der Waals surface area contributed by atoms with E-state index in [-0.39, 0.29) is 17.1 Å². The second kappa shape index (κ2) is 13.5. The van der Waals surface area contributed by atoms with E-state index in [1.165, 1.54) is 44.7 Å². The average Bonchev–Trinajstić information content (AvgIpc) is 3.46. The van der Waals surface area contributed by atoms with Gasteiger partial charge in [0.2, 0.25) is 24.5 Å². The largest absolute Gasteiger partial charge is 0.496 e. The summed E-state index contributed by atoms with van der Waals surface area (Å²) >= 11 is 1.27. The molecular formula is C34H39N5O12S2. The summed E-state index contributed by atoms with van der Waals surface area (Å²) in [6.45, 7) is 5.00. The van der Waals surface area contributed by atoms with E-state index >= 15 is 0 Å². The molecule has 53 heavy (non-hydrogen) atoms. The summed E-state index contributed by atoms with van der Waals surface area (Å²) in [5.41, 5.74) is 6.58. The van der Waals surface area contributed by atoms with Gasteiger partial charge in [0.1, 0.15) is 57.4 Å². The molecule has 7 atom stereocenters. The van der Waals surface area contributed by atoms with Gasteiger partial charge in [0.25, 0.3) is 5.91 Å². The van der Waals surface area contributed by atoms with Crippen molar-refractivity contribution < 1.29 is 56.1 Å². The molecule has 6 rings (SSSR count). The number of benzene rings is 2. The van der Waals surface area contributed by atoms with Crippen LogP contribution in [-0.2, 0) is 43.3 Å². The Labute approximate surface area is 309 Å². The van der Waals surface area contributed by atoms with Crippen LogP contribution < -0.4 is 25.8 Å². The van der Waals surface area contributed by atoms with Gasteiger partial charge in [-0.05, 0) is 45.4 Å². The summed E-state index contributed by atoms with van der Waals surface area (Å²) in [5.74, 6) is -4.33. The lowest BCUT2D eigenvalue weighted by atomic mass is 9.95. The highest BCUT2D eigenvalue weighted by Crippen LogP contribution is 2.51. The second-order valence-electron chi connectivity index (χ2n) is 13.9. The first-order chi connectivity index (χ1) is 24.9. The van der Waals surface area contributed by atoms with E-state index in [1.807, 2.05) is 0 Å². The SMILES string of the molecule is COc1cccc(OC)c1C(=O)N[C@@H]1C(=O)N2[C@@H]1SC(C)(C)[C@@H]2C(=O)OCOC(=O)[C@@H]1N2C(=O)[C@@H](NC(=O)C(N)c3ccccc3)[C@H]2S(=O)(=O)C1(C)C. The fourth-order valence-electron chi connectivity index (χ4n) is 7.19. The summed E-state index contributed by atoms with van der Waals surface area (Å²) in [6.07, 6.45) is 0. The van der Waals surface area contributed by atoms with Crippen LogP contribution in [0.4, 0.5) is 0 Å². The Balaban J connectivity index is 1.08. The third-order valence-electron chi connectivity index (χ3n) is 10.0. The minimum Gasteiger partial charge on any atom is -0.496 e. The molecule has 4 amide bonds. The van der Waals surface area contributed by atoms with Gasteiger partial charge in [-0.2, -0.15) is 0 Å². The van der Waals surface area contributed by atoms with Crippen molar-refractivity contribution in [3.63, 3.8) is 0 Å². The van der Waals surface area contributed by atoms with Gasteiger partial charge in [-0.1, -0.05) is 36.4 Å². The minimum absolute atomic E-state index is 0.0980. The predicted molar refractivity (Wildman–Crippen MR) is 187 cm³/mol. The van der Waals surface area contributed by atoms with Gasteiger partial charge < -0.3 is 45.1 Å². The maximum atomic E-state index is 13.6. The lowest BCUT2D eigenvalue weighted by Crippen LogP contribution is -2.72. The molecule has 4 heterocycles. The average molecular weight is 774 g/mol. The molecule has 0 aliphatic carbocycles. The Bertz CT molecular complexity index is 1970. The molecule has 0 spiro atoms. The lowest BCUT2D eigenvalue weighted by molar-refractivity contribution is -0.181. The molecule has 1 unspecified atom stereocenters. The van der Waals surface area contributed by atoms with Crippen LogP contribution in [0, 0.1) is 0 Å².